The highest BCUT2D eigenvalue weighted by Crippen LogP contribution is 2.32. The number of fused-ring (bicyclic) bond motifs is 1. The smallest absolute Gasteiger partial charge is 0.160 e. The van der Waals surface area contributed by atoms with Gasteiger partial charge in [0.25, 0.3) is 0 Å². The highest BCUT2D eigenvalue weighted by atomic mass is 32.1. The zero-order valence-corrected chi connectivity index (χ0v) is 8.29. The predicted molar refractivity (Wildman–Crippen MR) is 52.0 cm³/mol. The third-order valence-corrected chi connectivity index (χ3v) is 2.96. The van der Waals surface area contributed by atoms with Gasteiger partial charge in [-0.25, -0.2) is 0 Å². The quantitative estimate of drug-likeness (QED) is 0.659. The molecule has 1 aliphatic rings. The van der Waals surface area contributed by atoms with Gasteiger partial charge in [-0.05, 0) is 31.2 Å². The molecule has 0 spiro atoms. The first-order valence-corrected chi connectivity index (χ1v) is 5.10. The van der Waals surface area contributed by atoms with Gasteiger partial charge >= 0.3 is 0 Å². The maximum atomic E-state index is 5.58. The van der Waals surface area contributed by atoms with Gasteiger partial charge < -0.3 is 4.42 Å². The standard InChI is InChI=1S/C10H14OS/c1-2-9-7-5-3-4-6-8(7)10(12)11-9/h12H,2-6H2,1H3. The third-order valence-electron chi connectivity index (χ3n) is 2.60. The van der Waals surface area contributed by atoms with E-state index >= 15 is 0 Å². The number of furan rings is 1. The van der Waals surface area contributed by atoms with Crippen LogP contribution in [0.2, 0.25) is 0 Å². The van der Waals surface area contributed by atoms with Gasteiger partial charge in [0, 0.05) is 12.0 Å². The number of hydrogen-bond acceptors (Lipinski definition) is 2. The molecule has 1 aliphatic carbocycles. The Labute approximate surface area is 78.6 Å². The fraction of sp³-hybridized carbons (Fsp3) is 0.600. The lowest BCUT2D eigenvalue weighted by molar-refractivity contribution is 0.432. The Morgan fingerprint density at radius 1 is 1.25 bits per heavy atom. The average Bonchev–Trinajstić information content (AvgIpc) is 2.44. The summed E-state index contributed by atoms with van der Waals surface area (Å²) in [4.78, 5) is 0. The molecule has 0 fully saturated rings. The largest absolute Gasteiger partial charge is 0.455 e. The molecule has 2 heteroatoms. The molecule has 0 aliphatic heterocycles. The van der Waals surface area contributed by atoms with Crippen molar-refractivity contribution in [2.24, 2.45) is 0 Å². The Balaban J connectivity index is 2.47. The van der Waals surface area contributed by atoms with Crippen molar-refractivity contribution in [2.45, 2.75) is 44.1 Å². The Kier molecular flexibility index (Phi) is 2.18. The van der Waals surface area contributed by atoms with Crippen molar-refractivity contribution in [3.63, 3.8) is 0 Å². The SMILES string of the molecule is CCc1oc(S)c2c1CCCC2. The van der Waals surface area contributed by atoms with E-state index in [2.05, 4.69) is 19.6 Å². The van der Waals surface area contributed by atoms with Crippen molar-refractivity contribution in [1.29, 1.82) is 0 Å². The maximum absolute atomic E-state index is 5.58. The van der Waals surface area contributed by atoms with E-state index in [-0.39, 0.29) is 0 Å². The normalized spacial score (nSPS) is 16.2. The summed E-state index contributed by atoms with van der Waals surface area (Å²) in [5, 5.41) is 0.863. The minimum absolute atomic E-state index is 0.863. The Morgan fingerprint density at radius 3 is 2.58 bits per heavy atom. The van der Waals surface area contributed by atoms with Gasteiger partial charge in [-0.2, -0.15) is 0 Å². The van der Waals surface area contributed by atoms with Crippen LogP contribution in [0.4, 0.5) is 0 Å². The van der Waals surface area contributed by atoms with E-state index in [0.29, 0.717) is 0 Å². The summed E-state index contributed by atoms with van der Waals surface area (Å²) >= 11 is 4.34. The van der Waals surface area contributed by atoms with E-state index in [4.69, 9.17) is 4.42 Å². The molecule has 1 nitrogen and oxygen atoms in total. The first-order valence-electron chi connectivity index (χ1n) is 4.65. The molecule has 1 heterocycles. The van der Waals surface area contributed by atoms with E-state index in [9.17, 15) is 0 Å². The van der Waals surface area contributed by atoms with Crippen LogP contribution in [-0.2, 0) is 19.3 Å². The second-order valence-electron chi connectivity index (χ2n) is 3.35. The summed E-state index contributed by atoms with van der Waals surface area (Å²) in [6.07, 6.45) is 5.97. The Hall–Kier alpha value is -0.370. The van der Waals surface area contributed by atoms with Crippen LogP contribution in [-0.4, -0.2) is 0 Å². The maximum Gasteiger partial charge on any atom is 0.160 e. The van der Waals surface area contributed by atoms with Gasteiger partial charge in [0.05, 0.1) is 0 Å². The lowest BCUT2D eigenvalue weighted by atomic mass is 9.93. The predicted octanol–water partition coefficient (Wildman–Crippen LogP) is 3.01. The Bertz CT molecular complexity index is 288. The number of hydrogen-bond donors (Lipinski definition) is 1. The fourth-order valence-electron chi connectivity index (χ4n) is 1.97. The summed E-state index contributed by atoms with van der Waals surface area (Å²) in [5.41, 5.74) is 2.83. The molecule has 66 valence electrons. The molecule has 0 amide bonds. The number of thiol groups is 1. The van der Waals surface area contributed by atoms with Crippen LogP contribution in [0.1, 0.15) is 36.7 Å². The molecule has 0 bridgehead atoms. The molecular weight excluding hydrogens is 168 g/mol. The number of aryl methyl sites for hydroxylation is 1. The molecule has 0 saturated carbocycles. The van der Waals surface area contributed by atoms with Crippen LogP contribution in [0.25, 0.3) is 0 Å². The van der Waals surface area contributed by atoms with E-state index in [1.807, 2.05) is 0 Å². The molecule has 2 rings (SSSR count). The van der Waals surface area contributed by atoms with E-state index in [1.165, 1.54) is 30.4 Å². The van der Waals surface area contributed by atoms with Gasteiger partial charge in [-0.1, -0.05) is 6.92 Å². The molecule has 0 N–H and O–H groups in total. The average molecular weight is 182 g/mol. The summed E-state index contributed by atoms with van der Waals surface area (Å²) in [6.45, 7) is 2.14. The van der Waals surface area contributed by atoms with Crippen LogP contribution in [0.3, 0.4) is 0 Å². The van der Waals surface area contributed by atoms with Gasteiger partial charge in [0.2, 0.25) is 0 Å². The summed E-state index contributed by atoms with van der Waals surface area (Å²) in [6, 6.07) is 0. The van der Waals surface area contributed by atoms with Gasteiger partial charge in [-0.3, -0.25) is 0 Å². The van der Waals surface area contributed by atoms with Gasteiger partial charge in [0.15, 0.2) is 5.09 Å². The van der Waals surface area contributed by atoms with Crippen LogP contribution in [0.15, 0.2) is 9.51 Å². The second-order valence-corrected chi connectivity index (χ2v) is 3.75. The van der Waals surface area contributed by atoms with Gasteiger partial charge in [0.1, 0.15) is 5.76 Å². The zero-order chi connectivity index (χ0) is 8.55. The highest BCUT2D eigenvalue weighted by Gasteiger charge is 2.19. The molecule has 0 unspecified atom stereocenters. The van der Waals surface area contributed by atoms with Gasteiger partial charge in [-0.15, -0.1) is 12.6 Å². The lowest BCUT2D eigenvalue weighted by Gasteiger charge is -2.10. The van der Waals surface area contributed by atoms with Crippen molar-refractivity contribution in [1.82, 2.24) is 0 Å². The monoisotopic (exact) mass is 182 g/mol. The lowest BCUT2D eigenvalue weighted by Crippen LogP contribution is -2.01. The van der Waals surface area contributed by atoms with Crippen molar-refractivity contribution >= 4 is 12.6 Å². The third kappa shape index (κ3) is 1.18. The minimum Gasteiger partial charge on any atom is -0.455 e. The highest BCUT2D eigenvalue weighted by molar-refractivity contribution is 7.80. The topological polar surface area (TPSA) is 13.1 Å². The summed E-state index contributed by atoms with van der Waals surface area (Å²) in [5.74, 6) is 1.16. The minimum atomic E-state index is 0.863. The van der Waals surface area contributed by atoms with Crippen molar-refractivity contribution in [3.05, 3.63) is 16.9 Å². The van der Waals surface area contributed by atoms with Crippen molar-refractivity contribution < 1.29 is 4.42 Å². The number of rotatable bonds is 1. The van der Waals surface area contributed by atoms with Crippen LogP contribution in [0.5, 0.6) is 0 Å². The molecule has 1 aromatic rings. The Morgan fingerprint density at radius 2 is 1.92 bits per heavy atom. The molecule has 0 atom stereocenters. The van der Waals surface area contributed by atoms with E-state index in [1.54, 1.807) is 0 Å². The molecule has 0 aromatic carbocycles. The van der Waals surface area contributed by atoms with Crippen LogP contribution in [0, 0.1) is 0 Å². The fourth-order valence-corrected chi connectivity index (χ4v) is 2.33. The second kappa shape index (κ2) is 3.17. The molecule has 12 heavy (non-hydrogen) atoms. The molecule has 1 aromatic heterocycles. The first kappa shape index (κ1) is 8.24. The first-order chi connectivity index (χ1) is 5.83. The van der Waals surface area contributed by atoms with Crippen LogP contribution >= 0.6 is 12.6 Å². The van der Waals surface area contributed by atoms with Crippen LogP contribution < -0.4 is 0 Å². The van der Waals surface area contributed by atoms with E-state index < -0.39 is 0 Å². The van der Waals surface area contributed by atoms with Crippen molar-refractivity contribution in [3.8, 4) is 0 Å². The zero-order valence-electron chi connectivity index (χ0n) is 7.39. The van der Waals surface area contributed by atoms with E-state index in [0.717, 1.165) is 23.7 Å². The molecule has 0 saturated heterocycles. The summed E-state index contributed by atoms with van der Waals surface area (Å²) in [7, 11) is 0. The summed E-state index contributed by atoms with van der Waals surface area (Å²) < 4.78 is 5.58. The van der Waals surface area contributed by atoms with Crippen molar-refractivity contribution in [2.75, 3.05) is 0 Å². The molecule has 0 radical (unpaired) electrons. The molecular formula is C10H14OS.